The van der Waals surface area contributed by atoms with E-state index < -0.39 is 10.1 Å². The maximum absolute atomic E-state index is 12.1. The van der Waals surface area contributed by atoms with Crippen LogP contribution in [0.1, 0.15) is 16.7 Å². The van der Waals surface area contributed by atoms with E-state index in [0.717, 1.165) is 16.7 Å². The van der Waals surface area contributed by atoms with E-state index in [2.05, 4.69) is 0 Å². The molecule has 0 saturated carbocycles. The van der Waals surface area contributed by atoms with Gasteiger partial charge in [0.2, 0.25) is 0 Å². The Hall–Kier alpha value is -1.36. The topological polar surface area (TPSA) is 43.4 Å². The van der Waals surface area contributed by atoms with Crippen LogP contribution in [0, 0.1) is 13.8 Å². The molecule has 5 heteroatoms. The van der Waals surface area contributed by atoms with Crippen LogP contribution in [0.25, 0.3) is 0 Å². The lowest BCUT2D eigenvalue weighted by Crippen LogP contribution is -2.07. The molecule has 0 atom stereocenters. The van der Waals surface area contributed by atoms with E-state index in [0.29, 0.717) is 5.02 Å². The number of benzene rings is 2. The van der Waals surface area contributed by atoms with Gasteiger partial charge in [-0.25, -0.2) is 0 Å². The van der Waals surface area contributed by atoms with Gasteiger partial charge in [0.25, 0.3) is 10.1 Å². The molecule has 0 radical (unpaired) electrons. The fourth-order valence-corrected chi connectivity index (χ4v) is 2.80. The first-order chi connectivity index (χ1) is 9.40. The number of halogens is 1. The lowest BCUT2D eigenvalue weighted by atomic mass is 10.1. The monoisotopic (exact) mass is 310 g/mol. The minimum Gasteiger partial charge on any atom is -0.262 e. The molecule has 0 heterocycles. The van der Waals surface area contributed by atoms with E-state index in [9.17, 15) is 8.42 Å². The van der Waals surface area contributed by atoms with Gasteiger partial charge in [0, 0.05) is 5.02 Å². The minimum atomic E-state index is -3.75. The summed E-state index contributed by atoms with van der Waals surface area (Å²) in [6.45, 7) is 3.70. The van der Waals surface area contributed by atoms with Gasteiger partial charge in [-0.15, -0.1) is 0 Å². The summed E-state index contributed by atoms with van der Waals surface area (Å²) >= 11 is 5.99. The third-order valence-corrected chi connectivity index (χ3v) is 4.75. The first-order valence-electron chi connectivity index (χ1n) is 6.10. The summed E-state index contributed by atoms with van der Waals surface area (Å²) in [5.41, 5.74) is 2.58. The van der Waals surface area contributed by atoms with Gasteiger partial charge in [-0.1, -0.05) is 41.4 Å². The molecule has 2 rings (SSSR count). The van der Waals surface area contributed by atoms with Gasteiger partial charge < -0.3 is 0 Å². The first kappa shape index (κ1) is 15.0. The van der Waals surface area contributed by atoms with Crippen molar-refractivity contribution in [2.24, 2.45) is 0 Å². The van der Waals surface area contributed by atoms with Crippen LogP contribution in [0.5, 0.6) is 0 Å². The Bertz CT molecular complexity index is 706. The zero-order chi connectivity index (χ0) is 14.8. The maximum atomic E-state index is 12.1. The molecule has 2 aromatic rings. The molecule has 0 amide bonds. The predicted octanol–water partition coefficient (Wildman–Crippen LogP) is 3.86. The molecule has 106 valence electrons. The highest BCUT2D eigenvalue weighted by atomic mass is 35.5. The van der Waals surface area contributed by atoms with E-state index in [1.54, 1.807) is 30.3 Å². The van der Waals surface area contributed by atoms with Crippen LogP contribution in [-0.2, 0) is 20.9 Å². The zero-order valence-corrected chi connectivity index (χ0v) is 12.8. The minimum absolute atomic E-state index is 0.0252. The van der Waals surface area contributed by atoms with Gasteiger partial charge in [0.15, 0.2) is 0 Å². The van der Waals surface area contributed by atoms with Crippen LogP contribution in [0.2, 0.25) is 5.02 Å². The zero-order valence-electron chi connectivity index (χ0n) is 11.3. The van der Waals surface area contributed by atoms with Crippen LogP contribution in [0.4, 0.5) is 0 Å². The second-order valence-electron chi connectivity index (χ2n) is 4.55. The smallest absolute Gasteiger partial charge is 0.262 e. The summed E-state index contributed by atoms with van der Waals surface area (Å²) in [5, 5.41) is 0.596. The van der Waals surface area contributed by atoms with E-state index in [1.165, 1.54) is 12.1 Å². The van der Waals surface area contributed by atoms with Crippen molar-refractivity contribution >= 4 is 21.7 Å². The third kappa shape index (κ3) is 3.39. The Balaban J connectivity index is 2.17. The molecule has 0 saturated heterocycles. The van der Waals surface area contributed by atoms with Crippen LogP contribution in [0.15, 0.2) is 47.4 Å². The molecule has 0 N–H and O–H groups in total. The second-order valence-corrected chi connectivity index (χ2v) is 6.58. The fourth-order valence-electron chi connectivity index (χ4n) is 1.72. The lowest BCUT2D eigenvalue weighted by molar-refractivity contribution is 0.307. The number of hydrogen-bond donors (Lipinski definition) is 0. The fraction of sp³-hybridized carbons (Fsp3) is 0.200. The molecule has 0 aliphatic heterocycles. The number of rotatable bonds is 4. The van der Waals surface area contributed by atoms with E-state index in [-0.39, 0.29) is 11.5 Å². The Morgan fingerprint density at radius 1 is 1.05 bits per heavy atom. The number of aryl methyl sites for hydroxylation is 1. The van der Waals surface area contributed by atoms with Crippen molar-refractivity contribution in [1.29, 1.82) is 0 Å². The molecule has 0 unspecified atom stereocenters. The van der Waals surface area contributed by atoms with Crippen LogP contribution >= 0.6 is 11.6 Å². The first-order valence-corrected chi connectivity index (χ1v) is 7.89. The summed E-state index contributed by atoms with van der Waals surface area (Å²) in [5.74, 6) is 0. The average Bonchev–Trinajstić information content (AvgIpc) is 2.41. The predicted molar refractivity (Wildman–Crippen MR) is 79.3 cm³/mol. The highest BCUT2D eigenvalue weighted by Gasteiger charge is 2.15. The normalized spacial score (nSPS) is 11.6. The SMILES string of the molecule is Cc1ccc(S(=O)(=O)OCc2cccc(Cl)c2C)cc1. The lowest BCUT2D eigenvalue weighted by Gasteiger charge is -2.09. The van der Waals surface area contributed by atoms with Gasteiger partial charge in [-0.05, 0) is 43.2 Å². The van der Waals surface area contributed by atoms with Gasteiger partial charge in [0.1, 0.15) is 0 Å². The van der Waals surface area contributed by atoms with Gasteiger partial charge >= 0.3 is 0 Å². The summed E-state index contributed by atoms with van der Waals surface area (Å²) in [6.07, 6.45) is 0. The van der Waals surface area contributed by atoms with E-state index >= 15 is 0 Å². The summed E-state index contributed by atoms with van der Waals surface area (Å²) in [6, 6.07) is 11.9. The highest BCUT2D eigenvalue weighted by molar-refractivity contribution is 7.86. The molecule has 0 bridgehead atoms. The summed E-state index contributed by atoms with van der Waals surface area (Å²) in [7, 11) is -3.75. The quantitative estimate of drug-likeness (QED) is 0.805. The van der Waals surface area contributed by atoms with Gasteiger partial charge in [0.05, 0.1) is 11.5 Å². The van der Waals surface area contributed by atoms with E-state index in [1.807, 2.05) is 13.8 Å². The third-order valence-electron chi connectivity index (χ3n) is 3.06. The molecule has 0 aliphatic rings. The van der Waals surface area contributed by atoms with Crippen molar-refractivity contribution in [2.45, 2.75) is 25.3 Å². The molecule has 2 aromatic carbocycles. The van der Waals surface area contributed by atoms with Crippen molar-refractivity contribution in [3.63, 3.8) is 0 Å². The standard InChI is InChI=1S/C15H15ClO3S/c1-11-6-8-14(9-7-11)20(17,18)19-10-13-4-3-5-15(16)12(13)2/h3-9H,10H2,1-2H3. The average molecular weight is 311 g/mol. The van der Waals surface area contributed by atoms with Gasteiger partial charge in [-0.2, -0.15) is 8.42 Å². The summed E-state index contributed by atoms with van der Waals surface area (Å²) in [4.78, 5) is 0.155. The van der Waals surface area contributed by atoms with Crippen molar-refractivity contribution in [1.82, 2.24) is 0 Å². The Kier molecular flexibility index (Phi) is 4.48. The highest BCUT2D eigenvalue weighted by Crippen LogP contribution is 2.21. The van der Waals surface area contributed by atoms with Gasteiger partial charge in [-0.3, -0.25) is 4.18 Å². The Labute approximate surface area is 124 Å². The van der Waals surface area contributed by atoms with Crippen molar-refractivity contribution in [3.8, 4) is 0 Å². The van der Waals surface area contributed by atoms with Crippen molar-refractivity contribution in [2.75, 3.05) is 0 Å². The van der Waals surface area contributed by atoms with Crippen LogP contribution in [-0.4, -0.2) is 8.42 Å². The van der Waals surface area contributed by atoms with Crippen molar-refractivity contribution in [3.05, 3.63) is 64.2 Å². The number of hydrogen-bond acceptors (Lipinski definition) is 3. The molecular weight excluding hydrogens is 296 g/mol. The maximum Gasteiger partial charge on any atom is 0.297 e. The molecule has 0 aliphatic carbocycles. The second kappa shape index (κ2) is 5.95. The van der Waals surface area contributed by atoms with Crippen molar-refractivity contribution < 1.29 is 12.6 Å². The molecule has 0 aromatic heterocycles. The summed E-state index contributed by atoms with van der Waals surface area (Å²) < 4.78 is 29.2. The largest absolute Gasteiger partial charge is 0.297 e. The molecule has 3 nitrogen and oxygen atoms in total. The Morgan fingerprint density at radius 2 is 1.70 bits per heavy atom. The molecular formula is C15H15ClO3S. The van der Waals surface area contributed by atoms with Crippen LogP contribution in [0.3, 0.4) is 0 Å². The van der Waals surface area contributed by atoms with E-state index in [4.69, 9.17) is 15.8 Å². The molecule has 0 fully saturated rings. The Morgan fingerprint density at radius 3 is 2.35 bits per heavy atom. The van der Waals surface area contributed by atoms with Crippen LogP contribution < -0.4 is 0 Å². The molecule has 20 heavy (non-hydrogen) atoms. The molecule has 0 spiro atoms.